The Kier molecular flexibility index (Phi) is 18.5. The van der Waals surface area contributed by atoms with Gasteiger partial charge in [-0.15, -0.1) is 0 Å². The molecule has 5 rings (SSSR count). The Labute approximate surface area is 336 Å². The number of benzene rings is 5. The predicted octanol–water partition coefficient (Wildman–Crippen LogP) is 7.34. The first-order chi connectivity index (χ1) is 27.6. The van der Waals surface area contributed by atoms with Crippen LogP contribution in [0.25, 0.3) is 0 Å². The number of carbonyl (C=O) groups is 3. The first-order valence-corrected chi connectivity index (χ1v) is 16.7. The molecule has 0 aliphatic heterocycles. The molecule has 5 aromatic carbocycles. The summed E-state index contributed by atoms with van der Waals surface area (Å²) in [6.07, 6.45) is 3.47. The third-order valence-corrected chi connectivity index (χ3v) is 7.00. The molecule has 0 radical (unpaired) electrons. The van der Waals surface area contributed by atoms with Gasteiger partial charge in [0, 0.05) is 28.8 Å². The number of para-hydroxylation sites is 2. The molecule has 7 N–H and O–H groups in total. The fourth-order valence-corrected chi connectivity index (χ4v) is 4.17. The minimum atomic E-state index is -0.921. The summed E-state index contributed by atoms with van der Waals surface area (Å²) >= 11 is 4.02. The average molecular weight is 811 g/mol. The number of nitro groups is 3. The molecule has 0 aliphatic carbocycles. The van der Waals surface area contributed by atoms with Crippen LogP contribution in [-0.4, -0.2) is 31.8 Å². The van der Waals surface area contributed by atoms with Crippen molar-refractivity contribution in [2.45, 2.75) is 0 Å². The number of hydrogen-bond acceptors (Lipinski definition) is 13. The summed E-state index contributed by atoms with van der Waals surface area (Å²) in [5.41, 5.74) is 14.5. The topological polar surface area (TPSA) is 272 Å². The molecule has 298 valence electrons. The zero-order valence-corrected chi connectivity index (χ0v) is 31.2. The Morgan fingerprint density at radius 2 is 0.931 bits per heavy atom. The highest BCUT2D eigenvalue weighted by molar-refractivity contribution is 6.00. The molecule has 0 aromatic heterocycles. The highest BCUT2D eigenvalue weighted by Crippen LogP contribution is 2.40. The summed E-state index contributed by atoms with van der Waals surface area (Å²) < 4.78 is 0. The molecule has 5 aromatic rings. The van der Waals surface area contributed by atoms with E-state index in [1.54, 1.807) is 109 Å². The number of hydrogen-bond donors (Lipinski definition) is 5. The van der Waals surface area contributed by atoms with Crippen LogP contribution in [0.1, 0.15) is 0 Å². The Morgan fingerprint density at radius 1 is 0.586 bits per heavy atom. The monoisotopic (exact) mass is 810 g/mol. The van der Waals surface area contributed by atoms with Gasteiger partial charge in [-0.25, -0.2) is 4.79 Å². The number of carbonyl (C=O) groups excluding carboxylic acids is 3. The zero-order chi connectivity index (χ0) is 43.2. The number of nitrogen functional groups attached to an aromatic ring is 2. The number of halogens is 1. The van der Waals surface area contributed by atoms with Gasteiger partial charge in [-0.3, -0.25) is 50.4 Å². The van der Waals surface area contributed by atoms with Gasteiger partial charge in [0.1, 0.15) is 0 Å². The summed E-state index contributed by atoms with van der Waals surface area (Å²) in [6, 6.07) is 32.4. The van der Waals surface area contributed by atoms with E-state index in [1.807, 2.05) is 0 Å². The molecule has 0 spiro atoms. The molecule has 0 fully saturated rings. The maximum atomic E-state index is 11.5. The second-order valence-corrected chi connectivity index (χ2v) is 11.3. The lowest BCUT2D eigenvalue weighted by molar-refractivity contribution is -0.401. The first-order valence-electron chi connectivity index (χ1n) is 16.3. The lowest BCUT2D eigenvalue weighted by atomic mass is 10.2. The minimum absolute atomic E-state index is 0.275. The van der Waals surface area contributed by atoms with Crippen molar-refractivity contribution < 1.29 is 40.8 Å². The van der Waals surface area contributed by atoms with E-state index in [1.165, 1.54) is 17.2 Å². The van der Waals surface area contributed by atoms with E-state index >= 15 is 0 Å². The van der Waals surface area contributed by atoms with Crippen LogP contribution in [0.3, 0.4) is 0 Å². The van der Waals surface area contributed by atoms with Crippen LogP contribution < -0.4 is 32.5 Å². The van der Waals surface area contributed by atoms with Crippen LogP contribution in [0, 0.1) is 41.9 Å². The van der Waals surface area contributed by atoms with Crippen LogP contribution in [0.2, 0.25) is 0 Å². The Bertz CT molecular complexity index is 2100. The Balaban J connectivity index is 0.000000331. The number of nitrogens with zero attached hydrogens (tertiary/aromatic N) is 4. The van der Waals surface area contributed by atoms with Crippen LogP contribution in [0.5, 0.6) is 0 Å². The molecule has 19 heteroatoms. The van der Waals surface area contributed by atoms with Crippen molar-refractivity contribution in [1.29, 1.82) is 0 Å². The number of hydrazine groups is 1. The number of nitro benzene ring substituents is 3. The number of nitrogens with two attached hydrogens (primary N) is 2. The van der Waals surface area contributed by atoms with Gasteiger partial charge in [0.05, 0.1) is 38.3 Å². The molecule has 2 amide bonds. The standard InChI is InChI=1S/C18H13N5O6.C12H12N2O2.C6H8N2.C3H4ClO/c24-21(25)15-11-16(22(26)27)18(17(12-15)23(28)29)19-20(13-7-3-1-4-8-13)14-9-5-2-6-10-14;1-3-11(15)13-9-5-7-10(8-6-9)14-12(16)4-2;7-5-1-2-6(8)4-3-5;1-2-3(4)5/h1-12,19H;3-8H,1-2H2,(H,13,15)(H,14,16);1-4H,7-8H2;2,4H,1H2/q;;;+1. The van der Waals surface area contributed by atoms with Crippen LogP contribution in [-0.2, 0) is 14.4 Å². The number of anilines is 7. The van der Waals surface area contributed by atoms with E-state index in [0.717, 1.165) is 17.5 Å². The Hall–Kier alpha value is -8.38. The third kappa shape index (κ3) is 15.5. The first kappa shape index (κ1) is 45.8. The zero-order valence-electron chi connectivity index (χ0n) is 30.4. The third-order valence-electron chi connectivity index (χ3n) is 6.83. The molecule has 0 saturated heterocycles. The largest absolute Gasteiger partial charge is 0.423 e. The molecule has 0 heterocycles. The molecule has 0 atom stereocenters. The van der Waals surface area contributed by atoms with E-state index in [9.17, 15) is 44.7 Å². The van der Waals surface area contributed by atoms with Gasteiger partial charge >= 0.3 is 16.6 Å². The number of amides is 2. The predicted molar refractivity (Wildman–Crippen MR) is 221 cm³/mol. The summed E-state index contributed by atoms with van der Waals surface area (Å²) in [4.78, 5) is 62.8. The number of allylic oxidation sites excluding steroid dienone is 1. The highest BCUT2D eigenvalue weighted by Gasteiger charge is 2.32. The van der Waals surface area contributed by atoms with Gasteiger partial charge in [-0.2, -0.15) is 0 Å². The van der Waals surface area contributed by atoms with E-state index in [2.05, 4.69) is 47.4 Å². The van der Waals surface area contributed by atoms with Crippen molar-refractivity contribution in [3.63, 3.8) is 0 Å². The molecular weight excluding hydrogens is 774 g/mol. The van der Waals surface area contributed by atoms with Gasteiger partial charge in [-0.1, -0.05) is 56.1 Å². The number of non-ortho nitro benzene ring substituents is 1. The number of nitrogens with one attached hydrogen (secondary N) is 3. The van der Waals surface area contributed by atoms with E-state index in [0.29, 0.717) is 34.9 Å². The average Bonchev–Trinajstić information content (AvgIpc) is 3.22. The molecule has 0 bridgehead atoms. The maximum Gasteiger partial charge on any atom is 0.423 e. The minimum Gasteiger partial charge on any atom is -0.399 e. The van der Waals surface area contributed by atoms with Crippen molar-refractivity contribution >= 4 is 73.9 Å². The normalized spacial score (nSPS) is 9.40. The van der Waals surface area contributed by atoms with Crippen LogP contribution in [0.4, 0.5) is 56.9 Å². The highest BCUT2D eigenvalue weighted by atomic mass is 35.5. The van der Waals surface area contributed by atoms with Gasteiger partial charge in [-0.05, 0) is 84.9 Å². The van der Waals surface area contributed by atoms with Gasteiger partial charge in [0.15, 0.2) is 11.6 Å². The Morgan fingerprint density at radius 3 is 1.21 bits per heavy atom. The second-order valence-electron chi connectivity index (χ2n) is 10.9. The van der Waals surface area contributed by atoms with Crippen LogP contribution >= 0.6 is 0 Å². The molecule has 0 unspecified atom stereocenters. The van der Waals surface area contributed by atoms with E-state index < -0.39 is 42.8 Å². The van der Waals surface area contributed by atoms with Crippen molar-refractivity contribution in [1.82, 2.24) is 0 Å². The van der Waals surface area contributed by atoms with Crippen molar-refractivity contribution in [3.8, 4) is 0 Å². The molecule has 0 aliphatic rings. The lowest BCUT2D eigenvalue weighted by Crippen LogP contribution is -2.25. The van der Waals surface area contributed by atoms with Gasteiger partial charge in [0.2, 0.25) is 17.5 Å². The van der Waals surface area contributed by atoms with Crippen molar-refractivity contribution in [2.75, 3.05) is 32.5 Å². The van der Waals surface area contributed by atoms with E-state index in [4.69, 9.17) is 11.5 Å². The van der Waals surface area contributed by atoms with Gasteiger partial charge < -0.3 is 22.1 Å². The van der Waals surface area contributed by atoms with Gasteiger partial charge in [0.25, 0.3) is 5.69 Å². The quantitative estimate of drug-likeness (QED) is 0.0271. The fraction of sp³-hybridized carbons (Fsp3) is 0. The van der Waals surface area contributed by atoms with Crippen LogP contribution in [0.15, 0.2) is 159 Å². The lowest BCUT2D eigenvalue weighted by Gasteiger charge is -2.26. The number of rotatable bonds is 12. The summed E-state index contributed by atoms with van der Waals surface area (Å²) in [5.74, 6) is -0.550. The smallest absolute Gasteiger partial charge is 0.399 e. The SMILES string of the molecule is C=CC(=O)Nc1ccc(NC(=O)C=C)cc1.C=CC(=O)[ClH+].Nc1ccc(N)cc1.O=[N+]([O-])c1cc([N+](=O)[O-])c(NN(c2ccccc2)c2ccccc2)c([N+](=O)[O-])c1. The maximum absolute atomic E-state index is 11.5. The molecule has 58 heavy (non-hydrogen) atoms. The summed E-state index contributed by atoms with van der Waals surface area (Å²) in [6.45, 7) is 9.80. The van der Waals surface area contributed by atoms with E-state index in [-0.39, 0.29) is 11.8 Å². The molecule has 18 nitrogen and oxygen atoms in total. The second kappa shape index (κ2) is 23.4. The van der Waals surface area contributed by atoms with Crippen molar-refractivity contribution in [3.05, 3.63) is 190 Å². The van der Waals surface area contributed by atoms with Crippen molar-refractivity contribution in [2.24, 2.45) is 0 Å². The fourth-order valence-electron chi connectivity index (χ4n) is 4.17. The summed E-state index contributed by atoms with van der Waals surface area (Å²) in [7, 11) is 0. The molecule has 0 saturated carbocycles. The summed E-state index contributed by atoms with van der Waals surface area (Å²) in [5, 5.41) is 40.3. The molecular formula is C39H37ClN9O9+.